The summed E-state index contributed by atoms with van der Waals surface area (Å²) in [6.07, 6.45) is 2.44. The van der Waals surface area contributed by atoms with Crippen molar-refractivity contribution in [2.45, 2.75) is 46.2 Å². The molecule has 8 heteroatoms. The summed E-state index contributed by atoms with van der Waals surface area (Å²) in [7, 11) is 0. The molecule has 1 heterocycles. The van der Waals surface area contributed by atoms with Crippen LogP contribution in [0.2, 0.25) is 0 Å². The molecule has 0 unspecified atom stereocenters. The van der Waals surface area contributed by atoms with E-state index < -0.39 is 0 Å². The van der Waals surface area contributed by atoms with Gasteiger partial charge in [0.05, 0.1) is 19.3 Å². The Bertz CT molecular complexity index is 498. The molecule has 2 amide bonds. The molecule has 0 aliphatic rings. The predicted octanol–water partition coefficient (Wildman–Crippen LogP) is -0.210. The number of carbonyl (C=O) groups excluding carboxylic acids is 3. The molecule has 0 fully saturated rings. The second-order valence-corrected chi connectivity index (χ2v) is 4.66. The molecule has 21 heavy (non-hydrogen) atoms. The monoisotopic (exact) mass is 295 g/mol. The molecule has 0 radical (unpaired) electrons. The smallest absolute Gasteiger partial charge is 0.221 e. The van der Waals surface area contributed by atoms with E-state index in [1.165, 1.54) is 6.92 Å². The molecule has 1 aromatic heterocycles. The molecule has 116 valence electrons. The second-order valence-electron chi connectivity index (χ2n) is 4.66. The molecule has 2 N–H and O–H groups in total. The number of hydrogen-bond donors (Lipinski definition) is 2. The number of hydrogen-bond acceptors (Lipinski definition) is 5. The zero-order valence-corrected chi connectivity index (χ0v) is 12.4. The van der Waals surface area contributed by atoms with E-state index in [9.17, 15) is 14.4 Å². The normalized spacial score (nSPS) is 10.2. The van der Waals surface area contributed by atoms with Crippen LogP contribution >= 0.6 is 0 Å². The second kappa shape index (κ2) is 8.83. The van der Waals surface area contributed by atoms with Gasteiger partial charge in [-0.1, -0.05) is 5.21 Å². The summed E-state index contributed by atoms with van der Waals surface area (Å²) in [4.78, 5) is 33.5. The summed E-state index contributed by atoms with van der Waals surface area (Å²) in [5, 5.41) is 13.2. The topological polar surface area (TPSA) is 106 Å². The van der Waals surface area contributed by atoms with Crippen molar-refractivity contribution in [2.24, 2.45) is 0 Å². The van der Waals surface area contributed by atoms with Crippen molar-refractivity contribution in [3.63, 3.8) is 0 Å². The van der Waals surface area contributed by atoms with Crippen molar-refractivity contribution in [2.75, 3.05) is 6.54 Å². The van der Waals surface area contributed by atoms with Gasteiger partial charge in [-0.15, -0.1) is 5.10 Å². The Kier molecular flexibility index (Phi) is 7.06. The summed E-state index contributed by atoms with van der Waals surface area (Å²) >= 11 is 0. The lowest BCUT2D eigenvalue weighted by molar-refractivity contribution is -0.124. The first-order chi connectivity index (χ1) is 10.0. The number of amides is 2. The summed E-state index contributed by atoms with van der Waals surface area (Å²) in [6, 6.07) is 0. The molecular weight excluding hydrogens is 274 g/mol. The SMILES string of the molecule is CCNC(=O)CCn1cc(CNC(=O)CCC(C)=O)nn1. The Morgan fingerprint density at radius 3 is 2.52 bits per heavy atom. The molecule has 0 atom stereocenters. The van der Waals surface area contributed by atoms with Crippen molar-refractivity contribution < 1.29 is 14.4 Å². The molecule has 0 aliphatic carbocycles. The van der Waals surface area contributed by atoms with Crippen molar-refractivity contribution in [3.05, 3.63) is 11.9 Å². The maximum absolute atomic E-state index is 11.4. The summed E-state index contributed by atoms with van der Waals surface area (Å²) in [6.45, 7) is 4.62. The highest BCUT2D eigenvalue weighted by molar-refractivity contribution is 5.83. The van der Waals surface area contributed by atoms with Gasteiger partial charge in [0.1, 0.15) is 11.5 Å². The minimum atomic E-state index is -0.193. The van der Waals surface area contributed by atoms with Crippen molar-refractivity contribution in [1.82, 2.24) is 25.6 Å². The first kappa shape index (κ1) is 16.8. The van der Waals surface area contributed by atoms with Gasteiger partial charge in [-0.3, -0.25) is 14.3 Å². The first-order valence-corrected chi connectivity index (χ1v) is 6.93. The van der Waals surface area contributed by atoms with E-state index in [-0.39, 0.29) is 37.0 Å². The minimum absolute atomic E-state index is 0.0125. The van der Waals surface area contributed by atoms with Gasteiger partial charge in [-0.2, -0.15) is 0 Å². The van der Waals surface area contributed by atoms with Crippen LogP contribution in [0.15, 0.2) is 6.20 Å². The maximum atomic E-state index is 11.4. The standard InChI is InChI=1S/C13H21N5O3/c1-3-14-13(21)6-7-18-9-11(16-17-18)8-15-12(20)5-4-10(2)19/h9H,3-8H2,1-2H3,(H,14,21)(H,15,20). The van der Waals surface area contributed by atoms with E-state index in [1.807, 2.05) is 6.92 Å². The molecule has 0 saturated heterocycles. The third-order valence-corrected chi connectivity index (χ3v) is 2.70. The summed E-state index contributed by atoms with van der Waals surface area (Å²) in [5.41, 5.74) is 0.613. The van der Waals surface area contributed by atoms with Gasteiger partial charge < -0.3 is 15.4 Å². The summed E-state index contributed by atoms with van der Waals surface area (Å²) < 4.78 is 1.56. The Hall–Kier alpha value is -2.25. The first-order valence-electron chi connectivity index (χ1n) is 6.93. The minimum Gasteiger partial charge on any atom is -0.356 e. The van der Waals surface area contributed by atoms with Crippen LogP contribution in [0.1, 0.15) is 38.8 Å². The fourth-order valence-electron chi connectivity index (χ4n) is 1.60. The Morgan fingerprint density at radius 1 is 1.14 bits per heavy atom. The van der Waals surface area contributed by atoms with Gasteiger partial charge in [-0.05, 0) is 13.8 Å². The van der Waals surface area contributed by atoms with Crippen LogP contribution in [-0.2, 0) is 27.5 Å². The van der Waals surface area contributed by atoms with Crippen LogP contribution in [0, 0.1) is 0 Å². The maximum Gasteiger partial charge on any atom is 0.221 e. The molecule has 1 aromatic rings. The largest absolute Gasteiger partial charge is 0.356 e. The Morgan fingerprint density at radius 2 is 1.86 bits per heavy atom. The van der Waals surface area contributed by atoms with Crippen LogP contribution in [-0.4, -0.2) is 39.1 Å². The number of ketones is 1. The van der Waals surface area contributed by atoms with Crippen molar-refractivity contribution >= 4 is 17.6 Å². The molecule has 0 aliphatic heterocycles. The zero-order chi connectivity index (χ0) is 15.7. The Labute approximate surface area is 123 Å². The fraction of sp³-hybridized carbons (Fsp3) is 0.615. The number of aromatic nitrogens is 3. The molecule has 1 rings (SSSR count). The van der Waals surface area contributed by atoms with E-state index in [0.717, 1.165) is 0 Å². The zero-order valence-electron chi connectivity index (χ0n) is 12.4. The van der Waals surface area contributed by atoms with Gasteiger partial charge in [0.25, 0.3) is 0 Å². The molecule has 8 nitrogen and oxygen atoms in total. The van der Waals surface area contributed by atoms with Crippen molar-refractivity contribution in [3.8, 4) is 0 Å². The number of carbonyl (C=O) groups is 3. The van der Waals surface area contributed by atoms with Crippen LogP contribution in [0.3, 0.4) is 0 Å². The van der Waals surface area contributed by atoms with E-state index in [2.05, 4.69) is 20.9 Å². The molecule has 0 aromatic carbocycles. The third-order valence-electron chi connectivity index (χ3n) is 2.70. The van der Waals surface area contributed by atoms with Crippen LogP contribution in [0.25, 0.3) is 0 Å². The number of nitrogens with zero attached hydrogens (tertiary/aromatic N) is 3. The molecular formula is C13H21N5O3. The average molecular weight is 295 g/mol. The number of nitrogens with one attached hydrogen (secondary N) is 2. The molecule has 0 saturated carbocycles. The highest BCUT2D eigenvalue weighted by atomic mass is 16.2. The Balaban J connectivity index is 2.30. The lowest BCUT2D eigenvalue weighted by Gasteiger charge is -2.02. The number of Topliss-reactive ketones (excluding diaryl/α,β-unsaturated/α-hetero) is 1. The van der Waals surface area contributed by atoms with Crippen LogP contribution in [0.5, 0.6) is 0 Å². The quantitative estimate of drug-likeness (QED) is 0.655. The van der Waals surface area contributed by atoms with Gasteiger partial charge >= 0.3 is 0 Å². The van der Waals surface area contributed by atoms with Crippen LogP contribution < -0.4 is 10.6 Å². The van der Waals surface area contributed by atoms with Crippen LogP contribution in [0.4, 0.5) is 0 Å². The number of rotatable bonds is 9. The average Bonchev–Trinajstić information content (AvgIpc) is 2.89. The van der Waals surface area contributed by atoms with Gasteiger partial charge in [-0.25, -0.2) is 0 Å². The van der Waals surface area contributed by atoms with Crippen molar-refractivity contribution in [1.29, 1.82) is 0 Å². The van der Waals surface area contributed by atoms with E-state index in [1.54, 1.807) is 10.9 Å². The number of aryl methyl sites for hydroxylation is 1. The van der Waals surface area contributed by atoms with E-state index in [0.29, 0.717) is 25.2 Å². The lowest BCUT2D eigenvalue weighted by Crippen LogP contribution is -2.24. The van der Waals surface area contributed by atoms with E-state index in [4.69, 9.17) is 0 Å². The van der Waals surface area contributed by atoms with Gasteiger partial charge in [0.15, 0.2) is 0 Å². The highest BCUT2D eigenvalue weighted by Gasteiger charge is 2.06. The lowest BCUT2D eigenvalue weighted by atomic mass is 10.2. The third kappa shape index (κ3) is 7.19. The fourth-order valence-corrected chi connectivity index (χ4v) is 1.60. The highest BCUT2D eigenvalue weighted by Crippen LogP contribution is 1.96. The van der Waals surface area contributed by atoms with Gasteiger partial charge in [0.2, 0.25) is 11.8 Å². The predicted molar refractivity (Wildman–Crippen MR) is 75.1 cm³/mol. The molecule has 0 spiro atoms. The molecule has 0 bridgehead atoms. The van der Waals surface area contributed by atoms with Gasteiger partial charge in [0, 0.05) is 25.8 Å². The van der Waals surface area contributed by atoms with E-state index >= 15 is 0 Å². The summed E-state index contributed by atoms with van der Waals surface area (Å²) in [5.74, 6) is -0.240.